The third-order valence-corrected chi connectivity index (χ3v) is 6.86. The van der Waals surface area contributed by atoms with Gasteiger partial charge in [-0.25, -0.2) is 0 Å². The van der Waals surface area contributed by atoms with Crippen molar-refractivity contribution < 1.29 is 19.4 Å². The van der Waals surface area contributed by atoms with Gasteiger partial charge < -0.3 is 19.6 Å². The van der Waals surface area contributed by atoms with Gasteiger partial charge in [-0.05, 0) is 80.7 Å². The lowest BCUT2D eigenvalue weighted by Gasteiger charge is -2.27. The zero-order valence-corrected chi connectivity index (χ0v) is 23.4. The van der Waals surface area contributed by atoms with Crippen molar-refractivity contribution in [1.82, 2.24) is 9.80 Å². The Morgan fingerprint density at radius 2 is 1.73 bits per heavy atom. The SMILES string of the molecule is CCCCOc1ccc(/C(O)=C2\C(=O)C(=O)N(CCCN(C)C)[C@@H]2c2ccc(C(C)(C)C)cc2)c(C)c1. The summed E-state index contributed by atoms with van der Waals surface area (Å²) < 4.78 is 5.80. The van der Waals surface area contributed by atoms with Crippen molar-refractivity contribution in [1.29, 1.82) is 0 Å². The number of benzene rings is 2. The summed E-state index contributed by atoms with van der Waals surface area (Å²) in [5.74, 6) is -0.630. The second-order valence-corrected chi connectivity index (χ2v) is 11.2. The van der Waals surface area contributed by atoms with E-state index >= 15 is 0 Å². The van der Waals surface area contributed by atoms with Crippen LogP contribution in [0.1, 0.15) is 75.3 Å². The zero-order chi connectivity index (χ0) is 27.3. The summed E-state index contributed by atoms with van der Waals surface area (Å²) in [5.41, 5.74) is 3.41. The molecule has 1 aliphatic rings. The molecule has 0 aliphatic carbocycles. The van der Waals surface area contributed by atoms with Gasteiger partial charge in [0.25, 0.3) is 11.7 Å². The molecule has 1 fully saturated rings. The molecule has 2 aromatic rings. The second-order valence-electron chi connectivity index (χ2n) is 11.2. The summed E-state index contributed by atoms with van der Waals surface area (Å²) in [7, 11) is 3.96. The fraction of sp³-hybridized carbons (Fsp3) is 0.484. The minimum absolute atomic E-state index is 0.0237. The Hall–Kier alpha value is -3.12. The second kappa shape index (κ2) is 12.0. The number of aliphatic hydroxyl groups is 1. The molecule has 1 N–H and O–H groups in total. The maximum Gasteiger partial charge on any atom is 0.295 e. The Morgan fingerprint density at radius 1 is 1.05 bits per heavy atom. The topological polar surface area (TPSA) is 70.1 Å². The van der Waals surface area contributed by atoms with Gasteiger partial charge in [-0.3, -0.25) is 9.59 Å². The van der Waals surface area contributed by atoms with Crippen LogP contribution in [0.4, 0.5) is 0 Å². The molecule has 0 bridgehead atoms. The molecule has 200 valence electrons. The van der Waals surface area contributed by atoms with E-state index in [9.17, 15) is 14.7 Å². The maximum atomic E-state index is 13.3. The number of carbonyl (C=O) groups excluding carboxylic acids is 2. The van der Waals surface area contributed by atoms with E-state index in [1.54, 1.807) is 17.0 Å². The van der Waals surface area contributed by atoms with E-state index in [4.69, 9.17) is 4.74 Å². The van der Waals surface area contributed by atoms with Crippen LogP contribution in [0.25, 0.3) is 5.76 Å². The quantitative estimate of drug-likeness (QED) is 0.190. The first-order valence-electron chi connectivity index (χ1n) is 13.2. The molecule has 0 saturated carbocycles. The zero-order valence-electron chi connectivity index (χ0n) is 23.4. The first-order valence-corrected chi connectivity index (χ1v) is 13.2. The van der Waals surface area contributed by atoms with E-state index in [1.807, 2.05) is 51.4 Å². The van der Waals surface area contributed by atoms with Crippen LogP contribution in [0, 0.1) is 6.92 Å². The van der Waals surface area contributed by atoms with Gasteiger partial charge in [0.2, 0.25) is 0 Å². The van der Waals surface area contributed by atoms with Crippen molar-refractivity contribution in [3.8, 4) is 5.75 Å². The van der Waals surface area contributed by atoms with Crippen LogP contribution in [0.2, 0.25) is 0 Å². The average Bonchev–Trinajstić information content (AvgIpc) is 3.08. The van der Waals surface area contributed by atoms with Gasteiger partial charge in [0.15, 0.2) is 0 Å². The summed E-state index contributed by atoms with van der Waals surface area (Å²) in [5, 5.41) is 11.5. The highest BCUT2D eigenvalue weighted by atomic mass is 16.5. The van der Waals surface area contributed by atoms with Crippen LogP contribution >= 0.6 is 0 Å². The number of amides is 1. The molecule has 1 atom stereocenters. The highest BCUT2D eigenvalue weighted by molar-refractivity contribution is 6.46. The van der Waals surface area contributed by atoms with Gasteiger partial charge >= 0.3 is 0 Å². The van der Waals surface area contributed by atoms with Crippen molar-refractivity contribution in [2.45, 2.75) is 65.3 Å². The van der Waals surface area contributed by atoms with Gasteiger partial charge in [0.1, 0.15) is 11.5 Å². The molecule has 1 heterocycles. The summed E-state index contributed by atoms with van der Waals surface area (Å²) in [6, 6.07) is 12.8. The van der Waals surface area contributed by atoms with Crippen LogP contribution in [0.15, 0.2) is 48.0 Å². The summed E-state index contributed by atoms with van der Waals surface area (Å²) in [6.07, 6.45) is 2.73. The number of likely N-dealkylation sites (tertiary alicyclic amines) is 1. The van der Waals surface area contributed by atoms with E-state index < -0.39 is 17.7 Å². The smallest absolute Gasteiger partial charge is 0.295 e. The monoisotopic (exact) mass is 506 g/mol. The number of hydrogen-bond donors (Lipinski definition) is 1. The van der Waals surface area contributed by atoms with Gasteiger partial charge in [-0.2, -0.15) is 0 Å². The number of Topliss-reactive ketones (excluding diaryl/α,β-unsaturated/α-hetero) is 1. The maximum absolute atomic E-state index is 13.3. The molecule has 3 rings (SSSR count). The number of hydrogen-bond acceptors (Lipinski definition) is 5. The molecular formula is C31H42N2O4. The minimum Gasteiger partial charge on any atom is -0.507 e. The third-order valence-electron chi connectivity index (χ3n) is 6.86. The van der Waals surface area contributed by atoms with E-state index in [0.29, 0.717) is 18.7 Å². The lowest BCUT2D eigenvalue weighted by molar-refractivity contribution is -0.139. The predicted octanol–water partition coefficient (Wildman–Crippen LogP) is 5.84. The summed E-state index contributed by atoms with van der Waals surface area (Å²) in [4.78, 5) is 30.2. The van der Waals surface area contributed by atoms with E-state index in [-0.39, 0.29) is 16.7 Å². The van der Waals surface area contributed by atoms with Gasteiger partial charge in [-0.1, -0.05) is 58.4 Å². The molecule has 0 radical (unpaired) electrons. The standard InChI is InChI=1S/C31H42N2O4/c1-8-9-19-37-24-15-16-25(21(2)20-24)28(34)26-27(22-11-13-23(14-12-22)31(3,4)5)33(30(36)29(26)35)18-10-17-32(6)7/h11-16,20,27,34H,8-10,17-19H2,1-7H3/b28-26+/t27-/m1/s1. The molecule has 1 amide bonds. The largest absolute Gasteiger partial charge is 0.507 e. The molecule has 2 aromatic carbocycles. The molecule has 1 saturated heterocycles. The summed E-state index contributed by atoms with van der Waals surface area (Å²) >= 11 is 0. The van der Waals surface area contributed by atoms with Gasteiger partial charge in [0, 0.05) is 12.1 Å². The van der Waals surface area contributed by atoms with Crippen LogP contribution < -0.4 is 4.74 Å². The van der Waals surface area contributed by atoms with Crippen LogP contribution in [0.3, 0.4) is 0 Å². The molecule has 37 heavy (non-hydrogen) atoms. The summed E-state index contributed by atoms with van der Waals surface area (Å²) in [6.45, 7) is 12.3. The van der Waals surface area contributed by atoms with Gasteiger partial charge in [0.05, 0.1) is 18.2 Å². The van der Waals surface area contributed by atoms with Crippen molar-refractivity contribution in [3.05, 3.63) is 70.3 Å². The van der Waals surface area contributed by atoms with Crippen LogP contribution in [-0.2, 0) is 15.0 Å². The number of ether oxygens (including phenoxy) is 1. The fourth-order valence-corrected chi connectivity index (χ4v) is 4.65. The molecule has 6 heteroatoms. The van der Waals surface area contributed by atoms with Crippen molar-refractivity contribution >= 4 is 17.4 Å². The van der Waals surface area contributed by atoms with E-state index in [0.717, 1.165) is 48.2 Å². The van der Waals surface area contributed by atoms with Crippen LogP contribution in [0.5, 0.6) is 5.75 Å². The molecule has 0 aromatic heterocycles. The minimum atomic E-state index is -0.644. The number of ketones is 1. The number of aliphatic hydroxyl groups excluding tert-OH is 1. The number of aryl methyl sites for hydroxylation is 1. The van der Waals surface area contributed by atoms with Gasteiger partial charge in [-0.15, -0.1) is 0 Å². The normalized spacial score (nSPS) is 17.6. The van der Waals surface area contributed by atoms with Crippen molar-refractivity contribution in [2.75, 3.05) is 33.8 Å². The van der Waals surface area contributed by atoms with E-state index in [2.05, 4.69) is 32.6 Å². The fourth-order valence-electron chi connectivity index (χ4n) is 4.65. The number of carbonyl (C=O) groups is 2. The Balaban J connectivity index is 2.06. The predicted molar refractivity (Wildman–Crippen MR) is 149 cm³/mol. The van der Waals surface area contributed by atoms with E-state index in [1.165, 1.54) is 0 Å². The Labute approximate surface area is 221 Å². The lowest BCUT2D eigenvalue weighted by Crippen LogP contribution is -2.32. The number of nitrogens with zero attached hydrogens (tertiary/aromatic N) is 2. The number of unbranched alkanes of at least 4 members (excludes halogenated alkanes) is 1. The lowest BCUT2D eigenvalue weighted by atomic mass is 9.85. The molecule has 0 spiro atoms. The molecule has 1 aliphatic heterocycles. The Kier molecular flexibility index (Phi) is 9.19. The molecule has 6 nitrogen and oxygen atoms in total. The average molecular weight is 507 g/mol. The highest BCUT2D eigenvalue weighted by Crippen LogP contribution is 2.40. The Morgan fingerprint density at radius 3 is 2.30 bits per heavy atom. The molecular weight excluding hydrogens is 464 g/mol. The van der Waals surface area contributed by atoms with Crippen LogP contribution in [-0.4, -0.2) is 60.4 Å². The first-order chi connectivity index (χ1) is 17.5. The highest BCUT2D eigenvalue weighted by Gasteiger charge is 2.46. The van der Waals surface area contributed by atoms with Crippen molar-refractivity contribution in [2.24, 2.45) is 0 Å². The number of rotatable bonds is 10. The molecule has 0 unspecified atom stereocenters. The Bertz CT molecular complexity index is 1140. The first kappa shape index (κ1) is 28.5. The van der Waals surface area contributed by atoms with Crippen molar-refractivity contribution in [3.63, 3.8) is 0 Å². The third kappa shape index (κ3) is 6.61.